The molecule has 0 bridgehead atoms. The second kappa shape index (κ2) is 9.05. The van der Waals surface area contributed by atoms with Crippen LogP contribution in [0.3, 0.4) is 0 Å². The maximum absolute atomic E-state index is 12.4. The molecule has 0 aliphatic carbocycles. The average molecular weight is 363 g/mol. The highest BCUT2D eigenvalue weighted by molar-refractivity contribution is 6.32. The Balaban J connectivity index is 2.15. The Morgan fingerprint density at radius 3 is 2.52 bits per heavy atom. The second-order valence-electron chi connectivity index (χ2n) is 5.10. The largest absolute Gasteiger partial charge is 0.495 e. The molecule has 0 saturated carbocycles. The van der Waals surface area contributed by atoms with Crippen LogP contribution in [-0.2, 0) is 4.74 Å². The zero-order valence-electron chi connectivity index (χ0n) is 14.0. The highest BCUT2D eigenvalue weighted by atomic mass is 35.5. The van der Waals surface area contributed by atoms with Gasteiger partial charge in [-0.2, -0.15) is 0 Å². The van der Waals surface area contributed by atoms with Crippen LogP contribution in [0, 0.1) is 0 Å². The lowest BCUT2D eigenvalue weighted by Crippen LogP contribution is -2.28. The van der Waals surface area contributed by atoms with Gasteiger partial charge in [0.25, 0.3) is 11.8 Å². The fraction of sp³-hybridized carbons (Fsp3) is 0.222. The van der Waals surface area contributed by atoms with Gasteiger partial charge in [0, 0.05) is 19.2 Å². The maximum atomic E-state index is 12.4. The molecule has 132 valence electrons. The van der Waals surface area contributed by atoms with E-state index in [0.29, 0.717) is 40.7 Å². The number of nitrogens with one attached hydrogen (secondary N) is 2. The number of carbonyl (C=O) groups is 2. The molecule has 0 aromatic heterocycles. The van der Waals surface area contributed by atoms with Crippen LogP contribution in [0.15, 0.2) is 42.5 Å². The van der Waals surface area contributed by atoms with Crippen molar-refractivity contribution in [2.75, 3.05) is 32.7 Å². The smallest absolute Gasteiger partial charge is 0.255 e. The lowest BCUT2D eigenvalue weighted by molar-refractivity contribution is 0.0938. The zero-order valence-corrected chi connectivity index (χ0v) is 14.7. The first-order valence-corrected chi connectivity index (χ1v) is 7.95. The van der Waals surface area contributed by atoms with Crippen LogP contribution in [0.2, 0.25) is 5.02 Å². The van der Waals surface area contributed by atoms with Crippen molar-refractivity contribution in [3.05, 3.63) is 58.6 Å². The van der Waals surface area contributed by atoms with Crippen molar-refractivity contribution in [2.24, 2.45) is 0 Å². The molecule has 0 fully saturated rings. The molecule has 2 amide bonds. The van der Waals surface area contributed by atoms with E-state index in [1.807, 2.05) is 0 Å². The normalized spacial score (nSPS) is 10.2. The van der Waals surface area contributed by atoms with E-state index < -0.39 is 0 Å². The van der Waals surface area contributed by atoms with Crippen molar-refractivity contribution >= 4 is 29.1 Å². The van der Waals surface area contributed by atoms with E-state index in [1.165, 1.54) is 13.2 Å². The summed E-state index contributed by atoms with van der Waals surface area (Å²) in [5, 5.41) is 5.79. The molecular weight excluding hydrogens is 344 g/mol. The fourth-order valence-corrected chi connectivity index (χ4v) is 2.41. The van der Waals surface area contributed by atoms with Gasteiger partial charge in [0.15, 0.2) is 0 Å². The van der Waals surface area contributed by atoms with Crippen molar-refractivity contribution < 1.29 is 19.1 Å². The molecule has 25 heavy (non-hydrogen) atoms. The highest BCUT2D eigenvalue weighted by Gasteiger charge is 2.14. The minimum absolute atomic E-state index is 0.291. The predicted octanol–water partition coefficient (Wildman–Crippen LogP) is 2.98. The number of para-hydroxylation sites is 1. The minimum Gasteiger partial charge on any atom is -0.495 e. The van der Waals surface area contributed by atoms with Gasteiger partial charge in [0.2, 0.25) is 0 Å². The van der Waals surface area contributed by atoms with E-state index in [1.54, 1.807) is 43.5 Å². The van der Waals surface area contributed by atoms with Gasteiger partial charge in [-0.1, -0.05) is 23.7 Å². The Kier molecular flexibility index (Phi) is 6.80. The molecule has 2 rings (SSSR count). The van der Waals surface area contributed by atoms with E-state index in [0.717, 1.165) is 0 Å². The number of anilines is 1. The molecule has 2 N–H and O–H groups in total. The van der Waals surface area contributed by atoms with Crippen molar-refractivity contribution in [3.8, 4) is 5.75 Å². The first-order chi connectivity index (χ1) is 12.1. The molecule has 2 aromatic carbocycles. The Morgan fingerprint density at radius 1 is 1.08 bits per heavy atom. The van der Waals surface area contributed by atoms with Crippen LogP contribution in [0.4, 0.5) is 5.69 Å². The van der Waals surface area contributed by atoms with E-state index in [2.05, 4.69) is 10.6 Å². The highest BCUT2D eigenvalue weighted by Crippen LogP contribution is 2.25. The lowest BCUT2D eigenvalue weighted by Gasteiger charge is -2.12. The molecule has 0 aliphatic heterocycles. The van der Waals surface area contributed by atoms with Crippen molar-refractivity contribution in [1.29, 1.82) is 0 Å². The number of methoxy groups -OCH3 is 2. The number of rotatable bonds is 7. The second-order valence-corrected chi connectivity index (χ2v) is 5.50. The summed E-state index contributed by atoms with van der Waals surface area (Å²) in [5.41, 5.74) is 1.14. The van der Waals surface area contributed by atoms with E-state index in [4.69, 9.17) is 21.1 Å². The number of benzene rings is 2. The molecule has 2 aromatic rings. The third kappa shape index (κ3) is 4.95. The number of hydrogen-bond acceptors (Lipinski definition) is 4. The summed E-state index contributed by atoms with van der Waals surface area (Å²) in [6, 6.07) is 11.5. The molecule has 0 atom stereocenters. The standard InChI is InChI=1S/C18H19ClN2O4/c1-24-10-9-20-18(23)13-5-3-4-6-15(13)21-17(22)12-7-8-16(25-2)14(19)11-12/h3-8,11H,9-10H2,1-2H3,(H,20,23)(H,21,22). The van der Waals surface area contributed by atoms with Crippen LogP contribution in [0.25, 0.3) is 0 Å². The minimum atomic E-state index is -0.373. The van der Waals surface area contributed by atoms with Crippen LogP contribution >= 0.6 is 11.6 Å². The lowest BCUT2D eigenvalue weighted by atomic mass is 10.1. The van der Waals surface area contributed by atoms with Gasteiger partial charge in [-0.05, 0) is 30.3 Å². The van der Waals surface area contributed by atoms with E-state index in [-0.39, 0.29) is 11.8 Å². The number of hydrogen-bond donors (Lipinski definition) is 2. The summed E-state index contributed by atoms with van der Waals surface area (Å²) < 4.78 is 9.97. The first kappa shape index (κ1) is 18.8. The van der Waals surface area contributed by atoms with Crippen molar-refractivity contribution in [3.63, 3.8) is 0 Å². The van der Waals surface area contributed by atoms with Crippen LogP contribution in [0.1, 0.15) is 20.7 Å². The summed E-state index contributed by atoms with van der Waals surface area (Å²) in [6.45, 7) is 0.788. The quantitative estimate of drug-likeness (QED) is 0.742. The van der Waals surface area contributed by atoms with Gasteiger partial charge < -0.3 is 20.1 Å². The average Bonchev–Trinajstić information content (AvgIpc) is 2.62. The Bertz CT molecular complexity index is 764. The molecule has 0 unspecified atom stereocenters. The Morgan fingerprint density at radius 2 is 1.84 bits per heavy atom. The number of halogens is 1. The molecule has 0 aliphatic rings. The third-order valence-electron chi connectivity index (χ3n) is 3.43. The fourth-order valence-electron chi connectivity index (χ4n) is 2.15. The van der Waals surface area contributed by atoms with Gasteiger partial charge in [-0.25, -0.2) is 0 Å². The van der Waals surface area contributed by atoms with Gasteiger partial charge in [-0.15, -0.1) is 0 Å². The molecule has 7 heteroatoms. The van der Waals surface area contributed by atoms with E-state index >= 15 is 0 Å². The molecule has 0 heterocycles. The Labute approximate surface area is 151 Å². The van der Waals surface area contributed by atoms with Crippen LogP contribution in [0.5, 0.6) is 5.75 Å². The van der Waals surface area contributed by atoms with Crippen molar-refractivity contribution in [1.82, 2.24) is 5.32 Å². The first-order valence-electron chi connectivity index (χ1n) is 7.58. The van der Waals surface area contributed by atoms with Gasteiger partial charge in [0.1, 0.15) is 5.75 Å². The van der Waals surface area contributed by atoms with Gasteiger partial charge in [0.05, 0.1) is 30.0 Å². The van der Waals surface area contributed by atoms with Crippen molar-refractivity contribution in [2.45, 2.75) is 0 Å². The monoisotopic (exact) mass is 362 g/mol. The number of carbonyl (C=O) groups excluding carboxylic acids is 2. The molecular formula is C18H19ClN2O4. The van der Waals surface area contributed by atoms with Gasteiger partial charge in [-0.3, -0.25) is 9.59 Å². The zero-order chi connectivity index (χ0) is 18.2. The summed E-state index contributed by atoms with van der Waals surface area (Å²) in [6.07, 6.45) is 0. The number of amides is 2. The summed E-state index contributed by atoms with van der Waals surface area (Å²) >= 11 is 6.05. The molecule has 6 nitrogen and oxygen atoms in total. The SMILES string of the molecule is COCCNC(=O)c1ccccc1NC(=O)c1ccc(OC)c(Cl)c1. The topological polar surface area (TPSA) is 76.7 Å². The third-order valence-corrected chi connectivity index (χ3v) is 3.72. The summed E-state index contributed by atoms with van der Waals surface area (Å²) in [7, 11) is 3.06. The predicted molar refractivity (Wildman–Crippen MR) is 96.6 cm³/mol. The van der Waals surface area contributed by atoms with Crippen LogP contribution < -0.4 is 15.4 Å². The summed E-state index contributed by atoms with van der Waals surface area (Å²) in [5.74, 6) is -0.182. The number of ether oxygens (including phenoxy) is 2. The summed E-state index contributed by atoms with van der Waals surface area (Å²) in [4.78, 5) is 24.7. The Hall–Kier alpha value is -2.57. The maximum Gasteiger partial charge on any atom is 0.255 e. The molecule has 0 saturated heterocycles. The molecule has 0 radical (unpaired) electrons. The van der Waals surface area contributed by atoms with Gasteiger partial charge >= 0.3 is 0 Å². The molecule has 0 spiro atoms. The van der Waals surface area contributed by atoms with E-state index in [9.17, 15) is 9.59 Å². The van der Waals surface area contributed by atoms with Crippen LogP contribution in [-0.4, -0.2) is 39.2 Å².